The number of halogens is 1. The lowest BCUT2D eigenvalue weighted by Crippen LogP contribution is -2.20. The average Bonchev–Trinajstić information content (AvgIpc) is 3.48. The number of unbranched alkanes of at least 4 members (excludes halogenated alkanes) is 11. The summed E-state index contributed by atoms with van der Waals surface area (Å²) in [7, 11) is 1.62. The van der Waals surface area contributed by atoms with Gasteiger partial charge in [-0.05, 0) is 41.7 Å². The highest BCUT2D eigenvalue weighted by Gasteiger charge is 2.14. The number of anilines is 1. The zero-order valence-electron chi connectivity index (χ0n) is 24.9. The highest BCUT2D eigenvalue weighted by atomic mass is 79.9. The summed E-state index contributed by atoms with van der Waals surface area (Å²) < 4.78 is 17.5. The number of ether oxygens (including phenoxy) is 3. The fourth-order valence-electron chi connectivity index (χ4n) is 4.76. The van der Waals surface area contributed by atoms with Crippen LogP contribution in [0.2, 0.25) is 0 Å². The molecule has 0 bridgehead atoms. The second kappa shape index (κ2) is 21.4. The Morgan fingerprint density at radius 1 is 0.878 bits per heavy atom. The molecule has 0 fully saturated rings. The van der Waals surface area contributed by atoms with Gasteiger partial charge in [0, 0.05) is 18.4 Å². The minimum Gasteiger partial charge on any atom is -0.493 e. The molecule has 1 amide bonds. The van der Waals surface area contributed by atoms with Crippen LogP contribution >= 0.6 is 28.7 Å². The van der Waals surface area contributed by atoms with Gasteiger partial charge in [-0.3, -0.25) is 4.79 Å². The van der Waals surface area contributed by atoms with E-state index in [2.05, 4.69) is 34.8 Å². The van der Waals surface area contributed by atoms with Crippen molar-refractivity contribution in [3.05, 3.63) is 59.6 Å². The lowest BCUT2D eigenvalue weighted by Gasteiger charge is -2.16. The lowest BCUT2D eigenvalue weighted by molar-refractivity contribution is -0.118. The molecular formula is C33H49BrN2O4S. The van der Waals surface area contributed by atoms with Gasteiger partial charge in [0.05, 0.1) is 19.6 Å². The third kappa shape index (κ3) is 13.9. The second-order valence-electron chi connectivity index (χ2n) is 10.4. The number of nitrogens with one attached hydrogen (secondary N) is 1. The largest absolute Gasteiger partial charge is 0.493 e. The van der Waals surface area contributed by atoms with Crippen molar-refractivity contribution in [2.75, 3.05) is 31.5 Å². The first-order valence-corrected chi connectivity index (χ1v) is 16.1. The number of carbonyl (C=O) groups is 1. The molecule has 1 N–H and O–H groups in total. The lowest BCUT2D eigenvalue weighted by atomic mass is 10.1. The smallest absolute Gasteiger partial charge is 0.262 e. The van der Waals surface area contributed by atoms with E-state index < -0.39 is 0 Å². The van der Waals surface area contributed by atoms with E-state index in [4.69, 9.17) is 14.2 Å². The summed E-state index contributed by atoms with van der Waals surface area (Å²) in [5, 5.41) is 5.04. The minimum absolute atomic E-state index is 0. The Morgan fingerprint density at radius 3 is 2.20 bits per heavy atom. The van der Waals surface area contributed by atoms with Crippen LogP contribution in [0.25, 0.3) is 0 Å². The molecule has 1 aliphatic rings. The molecule has 2 aromatic rings. The standard InChI is InChI=1S/C33H48N2O4S.BrH/c1-3-4-5-6-7-8-9-10-11-12-13-14-22-38-33-30(37-2)19-16-20-31(33)39-26-32(36)34-29-18-15-17-28(24-29)25-35-21-23-40-27-35;/h15-21,23-24H,3-14,22,25-27H2,1-2H3,(H,34,36);1H. The highest BCUT2D eigenvalue weighted by Crippen LogP contribution is 2.37. The van der Waals surface area contributed by atoms with Gasteiger partial charge in [0.2, 0.25) is 5.75 Å². The van der Waals surface area contributed by atoms with E-state index in [9.17, 15) is 4.79 Å². The number of thioether (sulfide) groups is 1. The molecule has 2 aromatic carbocycles. The maximum atomic E-state index is 12.7. The van der Waals surface area contributed by atoms with Crippen LogP contribution in [0.5, 0.6) is 17.2 Å². The molecule has 1 heterocycles. The molecule has 228 valence electrons. The molecule has 8 heteroatoms. The third-order valence-electron chi connectivity index (χ3n) is 6.97. The van der Waals surface area contributed by atoms with Crippen molar-refractivity contribution in [1.82, 2.24) is 4.90 Å². The monoisotopic (exact) mass is 648 g/mol. The van der Waals surface area contributed by atoms with Crippen molar-refractivity contribution in [1.29, 1.82) is 0 Å². The normalized spacial score (nSPS) is 12.2. The topological polar surface area (TPSA) is 60.0 Å². The maximum absolute atomic E-state index is 12.7. The Labute approximate surface area is 262 Å². The molecule has 0 aromatic heterocycles. The maximum Gasteiger partial charge on any atom is 0.262 e. The first-order valence-electron chi connectivity index (χ1n) is 15.0. The van der Waals surface area contributed by atoms with E-state index in [0.717, 1.165) is 36.5 Å². The van der Waals surface area contributed by atoms with E-state index in [1.54, 1.807) is 18.9 Å². The van der Waals surface area contributed by atoms with Crippen LogP contribution in [0.1, 0.15) is 89.5 Å². The van der Waals surface area contributed by atoms with E-state index >= 15 is 0 Å². The van der Waals surface area contributed by atoms with Crippen LogP contribution in [0, 0.1) is 0 Å². The predicted octanol–water partition coefficient (Wildman–Crippen LogP) is 9.35. The Kier molecular flexibility index (Phi) is 18.2. The van der Waals surface area contributed by atoms with Crippen molar-refractivity contribution in [3.63, 3.8) is 0 Å². The Morgan fingerprint density at radius 2 is 1.54 bits per heavy atom. The number of hydrogen-bond acceptors (Lipinski definition) is 6. The van der Waals surface area contributed by atoms with Crippen LogP contribution in [0.15, 0.2) is 54.1 Å². The fraction of sp³-hybridized carbons (Fsp3) is 0.545. The number of benzene rings is 2. The minimum atomic E-state index is -0.219. The number of methoxy groups -OCH3 is 1. The summed E-state index contributed by atoms with van der Waals surface area (Å²) in [4.78, 5) is 14.9. The molecule has 0 unspecified atom stereocenters. The van der Waals surface area contributed by atoms with Crippen LogP contribution in [-0.4, -0.2) is 37.0 Å². The Balaban J connectivity index is 0.00000588. The third-order valence-corrected chi connectivity index (χ3v) is 7.77. The molecule has 0 radical (unpaired) electrons. The molecule has 0 saturated heterocycles. The number of para-hydroxylation sites is 1. The molecule has 1 aliphatic heterocycles. The van der Waals surface area contributed by atoms with Gasteiger partial charge >= 0.3 is 0 Å². The van der Waals surface area contributed by atoms with E-state index in [-0.39, 0.29) is 29.5 Å². The van der Waals surface area contributed by atoms with E-state index in [1.165, 1.54) is 64.2 Å². The van der Waals surface area contributed by atoms with Gasteiger partial charge in [-0.2, -0.15) is 0 Å². The molecular weight excluding hydrogens is 600 g/mol. The van der Waals surface area contributed by atoms with E-state index in [1.807, 2.05) is 36.4 Å². The van der Waals surface area contributed by atoms with Crippen molar-refractivity contribution in [2.45, 2.75) is 90.5 Å². The number of nitrogens with zero attached hydrogens (tertiary/aromatic N) is 1. The van der Waals surface area contributed by atoms with Crippen LogP contribution in [0.4, 0.5) is 5.69 Å². The van der Waals surface area contributed by atoms with Crippen molar-refractivity contribution < 1.29 is 19.0 Å². The molecule has 6 nitrogen and oxygen atoms in total. The van der Waals surface area contributed by atoms with Gasteiger partial charge in [0.1, 0.15) is 0 Å². The molecule has 0 saturated carbocycles. The van der Waals surface area contributed by atoms with Gasteiger partial charge in [-0.25, -0.2) is 0 Å². The molecule has 41 heavy (non-hydrogen) atoms. The highest BCUT2D eigenvalue weighted by molar-refractivity contribution is 8.93. The van der Waals surface area contributed by atoms with Crippen molar-refractivity contribution >= 4 is 40.3 Å². The summed E-state index contributed by atoms with van der Waals surface area (Å²) in [6.45, 7) is 3.56. The van der Waals surface area contributed by atoms with Gasteiger partial charge < -0.3 is 24.4 Å². The zero-order chi connectivity index (χ0) is 28.3. The average molecular weight is 650 g/mol. The molecule has 0 atom stereocenters. The Bertz CT molecular complexity index is 1040. The second-order valence-corrected chi connectivity index (χ2v) is 11.3. The van der Waals surface area contributed by atoms with Crippen LogP contribution in [0.3, 0.4) is 0 Å². The van der Waals surface area contributed by atoms with Crippen LogP contribution < -0.4 is 19.5 Å². The number of rotatable bonds is 21. The van der Waals surface area contributed by atoms with Crippen molar-refractivity contribution in [2.24, 2.45) is 0 Å². The quantitative estimate of drug-likeness (QED) is 0.136. The summed E-state index contributed by atoms with van der Waals surface area (Å²) in [5.41, 5.74) is 1.91. The zero-order valence-corrected chi connectivity index (χ0v) is 27.4. The van der Waals surface area contributed by atoms with Crippen molar-refractivity contribution in [3.8, 4) is 17.2 Å². The fourth-order valence-corrected chi connectivity index (χ4v) is 5.47. The first kappa shape index (κ1) is 34.9. The van der Waals surface area contributed by atoms with Gasteiger partial charge in [0.25, 0.3) is 5.91 Å². The molecule has 3 rings (SSSR count). The summed E-state index contributed by atoms with van der Waals surface area (Å²) >= 11 is 1.78. The van der Waals surface area contributed by atoms with Gasteiger partial charge in [0.15, 0.2) is 18.1 Å². The van der Waals surface area contributed by atoms with E-state index in [0.29, 0.717) is 23.9 Å². The van der Waals surface area contributed by atoms with Gasteiger partial charge in [-0.1, -0.05) is 95.8 Å². The summed E-state index contributed by atoms with van der Waals surface area (Å²) in [6, 6.07) is 13.4. The van der Waals surface area contributed by atoms with Crippen LogP contribution in [-0.2, 0) is 11.3 Å². The Hall–Kier alpha value is -2.32. The molecule has 0 spiro atoms. The number of hydrogen-bond donors (Lipinski definition) is 1. The number of amides is 1. The first-order chi connectivity index (χ1) is 19.7. The van der Waals surface area contributed by atoms with Gasteiger partial charge in [-0.15, -0.1) is 28.7 Å². The SMILES string of the molecule is Br.CCCCCCCCCCCCCCOc1c(OC)cccc1OCC(=O)Nc1cccc(CN2C=CSC2)c1. The summed E-state index contributed by atoms with van der Waals surface area (Å²) in [5.74, 6) is 2.41. The number of carbonyl (C=O) groups excluding carboxylic acids is 1. The summed E-state index contributed by atoms with van der Waals surface area (Å²) in [6.07, 6.45) is 17.7. The molecule has 0 aliphatic carbocycles. The predicted molar refractivity (Wildman–Crippen MR) is 178 cm³/mol.